The van der Waals surface area contributed by atoms with Crippen LogP contribution >= 0.6 is 11.8 Å². The van der Waals surface area contributed by atoms with Crippen molar-refractivity contribution in [3.63, 3.8) is 0 Å². The van der Waals surface area contributed by atoms with Crippen molar-refractivity contribution in [2.45, 2.75) is 45.8 Å². The van der Waals surface area contributed by atoms with Gasteiger partial charge >= 0.3 is 12.1 Å². The zero-order valence-electron chi connectivity index (χ0n) is 19.4. The predicted octanol–water partition coefficient (Wildman–Crippen LogP) is 4.28. The van der Waals surface area contributed by atoms with E-state index in [9.17, 15) is 26.4 Å². The van der Waals surface area contributed by atoms with E-state index in [4.69, 9.17) is 10.6 Å². The molecule has 0 amide bonds. The number of amidine groups is 1. The van der Waals surface area contributed by atoms with Crippen LogP contribution in [0, 0.1) is 0 Å². The van der Waals surface area contributed by atoms with Crippen LogP contribution in [0.15, 0.2) is 38.9 Å². The molecule has 0 saturated carbocycles. The normalized spacial score (nSPS) is 16.8. The molecule has 0 saturated heterocycles. The van der Waals surface area contributed by atoms with E-state index in [1.807, 2.05) is 23.5 Å². The predicted molar refractivity (Wildman–Crippen MR) is 130 cm³/mol. The van der Waals surface area contributed by atoms with E-state index in [1.165, 1.54) is 6.07 Å². The summed E-state index contributed by atoms with van der Waals surface area (Å²) < 4.78 is 69.6. The van der Waals surface area contributed by atoms with Gasteiger partial charge in [-0.1, -0.05) is 6.58 Å². The number of alkyl halides is 3. The second kappa shape index (κ2) is 11.7. The van der Waals surface area contributed by atoms with Crippen molar-refractivity contribution >= 4 is 50.0 Å². The molecule has 10 nitrogen and oxygen atoms in total. The Bertz CT molecular complexity index is 1120. The summed E-state index contributed by atoms with van der Waals surface area (Å²) in [7, 11) is -4.79. The molecule has 194 valence electrons. The number of sulfonamides is 1. The second-order valence-corrected chi connectivity index (χ2v) is 10.3. The maximum Gasteiger partial charge on any atom is 0.404 e. The van der Waals surface area contributed by atoms with Gasteiger partial charge in [-0.25, -0.2) is 13.2 Å². The lowest BCUT2D eigenvalue weighted by atomic mass is 9.95. The molecule has 1 aliphatic rings. The summed E-state index contributed by atoms with van der Waals surface area (Å²) >= 11 is 0.672. The Morgan fingerprint density at radius 2 is 2.06 bits per heavy atom. The van der Waals surface area contributed by atoms with Crippen molar-refractivity contribution in [3.8, 4) is 0 Å². The van der Waals surface area contributed by atoms with E-state index in [2.05, 4.69) is 21.9 Å². The molecule has 3 N–H and O–H groups in total. The number of benzene rings is 1. The fraction of sp³-hybridized carbons (Fsp3) is 0.500. The number of carbonyl (C=O) groups excluding carboxylic acids is 1. The maximum atomic E-state index is 12.8. The van der Waals surface area contributed by atoms with Gasteiger partial charge in [-0.2, -0.15) is 18.3 Å². The fourth-order valence-electron chi connectivity index (χ4n) is 3.44. The fourth-order valence-corrected chi connectivity index (χ4v) is 4.94. The highest BCUT2D eigenvalue weighted by atomic mass is 32.2. The molecule has 0 fully saturated rings. The van der Waals surface area contributed by atoms with Gasteiger partial charge in [-0.15, -0.1) is 10.2 Å². The van der Waals surface area contributed by atoms with E-state index in [0.29, 0.717) is 30.4 Å². The molecule has 0 spiro atoms. The average Bonchev–Trinajstić information content (AvgIpc) is 2.74. The van der Waals surface area contributed by atoms with Gasteiger partial charge < -0.3 is 15.5 Å². The monoisotopic (exact) mass is 536 g/mol. The lowest BCUT2D eigenvalue weighted by Crippen LogP contribution is -2.37. The molecular formula is C20H27F3N6O4S2. The molecule has 2 rings (SSSR count). The summed E-state index contributed by atoms with van der Waals surface area (Å²) in [5.41, 5.74) is 1.29. The third kappa shape index (κ3) is 8.13. The van der Waals surface area contributed by atoms with Crippen LogP contribution in [0.25, 0.3) is 0 Å². The highest BCUT2D eigenvalue weighted by Gasteiger charge is 2.36. The Kier molecular flexibility index (Phi) is 9.54. The third-order valence-corrected chi connectivity index (χ3v) is 6.92. The van der Waals surface area contributed by atoms with E-state index in [1.54, 1.807) is 13.0 Å². The number of azo groups is 1. The summed E-state index contributed by atoms with van der Waals surface area (Å²) in [4.78, 5) is 13.7. The zero-order valence-corrected chi connectivity index (χ0v) is 21.1. The van der Waals surface area contributed by atoms with E-state index in [-0.39, 0.29) is 34.1 Å². The molecule has 35 heavy (non-hydrogen) atoms. The van der Waals surface area contributed by atoms with Crippen LogP contribution in [-0.4, -0.2) is 50.7 Å². The smallest absolute Gasteiger partial charge is 0.404 e. The topological polar surface area (TPSA) is 139 Å². The van der Waals surface area contributed by atoms with Crippen molar-refractivity contribution in [3.05, 3.63) is 29.2 Å². The highest BCUT2D eigenvalue weighted by Crippen LogP contribution is 2.39. The second-order valence-electron chi connectivity index (χ2n) is 7.51. The van der Waals surface area contributed by atoms with Crippen LogP contribution in [0.2, 0.25) is 0 Å². The lowest BCUT2D eigenvalue weighted by Gasteiger charge is -2.36. The molecule has 1 unspecified atom stereocenters. The van der Waals surface area contributed by atoms with Crippen LogP contribution in [0.3, 0.4) is 0 Å². The first-order valence-electron chi connectivity index (χ1n) is 10.5. The van der Waals surface area contributed by atoms with Crippen molar-refractivity contribution in [2.75, 3.05) is 28.5 Å². The number of nitrogens with one attached hydrogen (secondary N) is 1. The Balaban J connectivity index is 2.47. The minimum atomic E-state index is -4.94. The molecular weight excluding hydrogens is 509 g/mol. The van der Waals surface area contributed by atoms with Gasteiger partial charge in [0, 0.05) is 18.3 Å². The molecule has 1 aromatic rings. The number of hydrogen-bond donors (Lipinski definition) is 2. The first-order chi connectivity index (χ1) is 16.3. The van der Waals surface area contributed by atoms with Gasteiger partial charge in [-0.3, -0.25) is 4.72 Å². The number of esters is 1. The number of carbonyl (C=O) groups is 1. The van der Waals surface area contributed by atoms with Gasteiger partial charge in [0.25, 0.3) is 0 Å². The SMILES string of the molecule is C=C(S/C(N=Nc1cc2c(cc1NS(=O)(=O)CC(F)(F)F)N(CC)C(C)CC2)=N\N)C(=O)OCC. The number of hydrazone groups is 1. The largest absolute Gasteiger partial charge is 0.462 e. The Hall–Kier alpha value is -2.81. The molecule has 1 aromatic carbocycles. The number of fused-ring (bicyclic) bond motifs is 1. The lowest BCUT2D eigenvalue weighted by molar-refractivity contribution is -0.137. The van der Waals surface area contributed by atoms with Crippen LogP contribution in [0.4, 0.5) is 30.2 Å². The first kappa shape index (κ1) is 28.4. The van der Waals surface area contributed by atoms with Crippen LogP contribution in [0.5, 0.6) is 0 Å². The van der Waals surface area contributed by atoms with Gasteiger partial charge in [0.15, 0.2) is 5.75 Å². The van der Waals surface area contributed by atoms with Crippen LogP contribution in [0.1, 0.15) is 32.8 Å². The minimum absolute atomic E-state index is 0.0383. The van der Waals surface area contributed by atoms with Crippen molar-refractivity contribution in [1.82, 2.24) is 0 Å². The van der Waals surface area contributed by atoms with E-state index < -0.39 is 27.9 Å². The average molecular weight is 537 g/mol. The number of ether oxygens (including phenoxy) is 1. The minimum Gasteiger partial charge on any atom is -0.462 e. The number of halogens is 3. The molecule has 1 aliphatic heterocycles. The number of nitrogens with zero attached hydrogens (tertiary/aromatic N) is 4. The van der Waals surface area contributed by atoms with Crippen molar-refractivity contribution in [2.24, 2.45) is 21.2 Å². The van der Waals surface area contributed by atoms with Crippen LogP contribution < -0.4 is 15.5 Å². The molecule has 0 aliphatic carbocycles. The standard InChI is InChI=1S/C20H27F3N6O4S2/c1-5-29-12(3)7-8-14-9-15(26-27-19(25-24)34-13(4)18(30)33-6-2)16(10-17(14)29)28-35(31,32)11-20(21,22)23/h9-10,12,28H,4-8,11,24H2,1-3H3/b25-19-,27-26?. The van der Waals surface area contributed by atoms with Gasteiger partial charge in [0.05, 0.1) is 17.2 Å². The van der Waals surface area contributed by atoms with Gasteiger partial charge in [0.2, 0.25) is 15.2 Å². The number of rotatable bonds is 8. The summed E-state index contributed by atoms with van der Waals surface area (Å²) in [5.74, 6) is 2.53. The summed E-state index contributed by atoms with van der Waals surface area (Å²) in [5, 5.41) is 11.0. The molecule has 15 heteroatoms. The Labute approximate surface area is 205 Å². The number of aryl methyl sites for hydroxylation is 1. The quantitative estimate of drug-likeness (QED) is 0.0962. The van der Waals surface area contributed by atoms with Crippen molar-refractivity contribution < 1.29 is 31.1 Å². The number of hydrogen-bond acceptors (Lipinski definition) is 9. The Morgan fingerprint density at radius 1 is 1.37 bits per heavy atom. The third-order valence-electron chi connectivity index (χ3n) is 4.90. The first-order valence-corrected chi connectivity index (χ1v) is 13.0. The van der Waals surface area contributed by atoms with E-state index in [0.717, 1.165) is 12.0 Å². The van der Waals surface area contributed by atoms with Crippen LogP contribution in [-0.2, 0) is 26.0 Å². The number of thioether (sulfide) groups is 1. The molecule has 1 atom stereocenters. The maximum absolute atomic E-state index is 12.8. The molecule has 0 radical (unpaired) electrons. The van der Waals surface area contributed by atoms with Crippen molar-refractivity contribution in [1.29, 1.82) is 0 Å². The highest BCUT2D eigenvalue weighted by molar-refractivity contribution is 8.17. The number of nitrogens with two attached hydrogens (primary N) is 1. The molecule has 0 bridgehead atoms. The van der Waals surface area contributed by atoms with Gasteiger partial charge in [0.1, 0.15) is 5.69 Å². The Morgan fingerprint density at radius 3 is 2.63 bits per heavy atom. The summed E-state index contributed by atoms with van der Waals surface area (Å²) in [6.07, 6.45) is -3.46. The zero-order chi connectivity index (χ0) is 26.4. The summed E-state index contributed by atoms with van der Waals surface area (Å²) in [6.45, 7) is 9.82. The summed E-state index contributed by atoms with van der Waals surface area (Å²) in [6, 6.07) is 3.15. The molecule has 0 aromatic heterocycles. The number of anilines is 2. The van der Waals surface area contributed by atoms with Gasteiger partial charge in [-0.05, 0) is 63.1 Å². The van der Waals surface area contributed by atoms with E-state index >= 15 is 0 Å². The molecule has 1 heterocycles.